The first-order chi connectivity index (χ1) is 11.9. The van der Waals surface area contributed by atoms with Gasteiger partial charge in [0.05, 0.1) is 6.42 Å². The minimum atomic E-state index is -4.28. The van der Waals surface area contributed by atoms with Crippen LogP contribution in [0.15, 0.2) is 23.9 Å². The minimum Gasteiger partial charge on any atom is -0.274 e. The Balaban J connectivity index is 1.92. The van der Waals surface area contributed by atoms with Gasteiger partial charge in [0.25, 0.3) is 10.0 Å². The van der Waals surface area contributed by atoms with Gasteiger partial charge in [-0.2, -0.15) is 0 Å². The van der Waals surface area contributed by atoms with Gasteiger partial charge >= 0.3 is 0 Å². The molecule has 134 valence electrons. The number of allylic oxidation sites excluding steroid dienone is 1. The number of nitrogens with one attached hydrogen (secondary N) is 1. The van der Waals surface area contributed by atoms with Gasteiger partial charge in [-0.15, -0.1) is 0 Å². The summed E-state index contributed by atoms with van der Waals surface area (Å²) < 4.78 is 53.0. The number of carbonyl (C=O) groups excluding carboxylic acids is 1. The Morgan fingerprint density at radius 3 is 2.08 bits per heavy atom. The van der Waals surface area contributed by atoms with Crippen molar-refractivity contribution in [3.63, 3.8) is 0 Å². The maximum atomic E-state index is 14.6. The summed E-state index contributed by atoms with van der Waals surface area (Å²) in [6.07, 6.45) is 4.88. The summed E-state index contributed by atoms with van der Waals surface area (Å²) in [5.41, 5.74) is 3.77. The molecule has 0 atom stereocenters. The molecule has 0 saturated heterocycles. The van der Waals surface area contributed by atoms with Gasteiger partial charge in [-0.3, -0.25) is 4.79 Å². The molecule has 0 radical (unpaired) electrons. The minimum absolute atomic E-state index is 0.115. The van der Waals surface area contributed by atoms with E-state index in [1.54, 1.807) is 0 Å². The average Bonchev–Trinajstić information content (AvgIpc) is 3.21. The highest BCUT2D eigenvalue weighted by atomic mass is 32.2. The monoisotopic (exact) mass is 367 g/mol. The molecule has 1 aromatic rings. The smallest absolute Gasteiger partial charge is 0.266 e. The number of hydrogen-bond donors (Lipinski definition) is 1. The first-order valence-corrected chi connectivity index (χ1v) is 9.69. The lowest BCUT2D eigenvalue weighted by molar-refractivity contribution is -0.118. The fourth-order valence-electron chi connectivity index (χ4n) is 3.83. The van der Waals surface area contributed by atoms with Crippen molar-refractivity contribution in [1.29, 1.82) is 0 Å². The molecule has 0 aromatic heterocycles. The maximum absolute atomic E-state index is 14.6. The zero-order valence-electron chi connectivity index (χ0n) is 13.7. The zero-order valence-corrected chi connectivity index (χ0v) is 14.5. The maximum Gasteiger partial charge on any atom is 0.266 e. The summed E-state index contributed by atoms with van der Waals surface area (Å²) in [7, 11) is -4.28. The number of sulfonamides is 1. The molecule has 0 spiro atoms. The largest absolute Gasteiger partial charge is 0.274 e. The normalized spacial score (nSPS) is 16.5. The van der Waals surface area contributed by atoms with Crippen molar-refractivity contribution in [2.75, 3.05) is 0 Å². The molecule has 7 heteroatoms. The van der Waals surface area contributed by atoms with E-state index in [1.807, 2.05) is 4.72 Å². The van der Waals surface area contributed by atoms with Gasteiger partial charge in [0.1, 0.15) is 17.1 Å². The highest BCUT2D eigenvalue weighted by Crippen LogP contribution is 2.38. The second-order valence-electron chi connectivity index (χ2n) is 6.33. The zero-order chi connectivity index (χ0) is 18.2. The van der Waals surface area contributed by atoms with Crippen LogP contribution >= 0.6 is 0 Å². The van der Waals surface area contributed by atoms with Crippen LogP contribution < -0.4 is 4.72 Å². The predicted molar refractivity (Wildman–Crippen MR) is 90.6 cm³/mol. The van der Waals surface area contributed by atoms with Crippen molar-refractivity contribution in [2.45, 2.75) is 44.9 Å². The Bertz CT molecular complexity index is 853. The van der Waals surface area contributed by atoms with E-state index in [4.69, 9.17) is 0 Å². The number of carbonyl (C=O) groups is 1. The lowest BCUT2D eigenvalue weighted by Gasteiger charge is -2.16. The van der Waals surface area contributed by atoms with Crippen LogP contribution in [0.5, 0.6) is 0 Å². The lowest BCUT2D eigenvalue weighted by Crippen LogP contribution is -2.32. The van der Waals surface area contributed by atoms with Crippen molar-refractivity contribution < 1.29 is 22.0 Å². The van der Waals surface area contributed by atoms with Crippen LogP contribution in [-0.4, -0.2) is 14.3 Å². The Kier molecular flexibility index (Phi) is 4.77. The molecule has 0 unspecified atom stereocenters. The van der Waals surface area contributed by atoms with Crippen molar-refractivity contribution in [2.24, 2.45) is 0 Å². The fourth-order valence-corrected chi connectivity index (χ4v) is 4.66. The summed E-state index contributed by atoms with van der Waals surface area (Å²) in [5, 5.41) is 0. The lowest BCUT2D eigenvalue weighted by atomic mass is 9.91. The summed E-state index contributed by atoms with van der Waals surface area (Å²) >= 11 is 0. The van der Waals surface area contributed by atoms with Crippen LogP contribution in [0, 0.1) is 5.82 Å². The van der Waals surface area contributed by atoms with Gasteiger partial charge in [-0.25, -0.2) is 21.9 Å². The van der Waals surface area contributed by atoms with Crippen molar-refractivity contribution in [3.05, 3.63) is 57.5 Å². The number of halogens is 2. The molecule has 1 aromatic carbocycles. The van der Waals surface area contributed by atoms with E-state index in [-0.39, 0.29) is 18.6 Å². The Morgan fingerprint density at radius 2 is 1.60 bits per heavy atom. The number of fused-ring (bicyclic) bond motifs is 2. The SMILES string of the molecule is C=C/C(=C/F)S(=O)(=O)NC(=O)Cc1c2c(c(F)c3c1CCC3)CCC2. The molecule has 0 bridgehead atoms. The Hall–Kier alpha value is -2.02. The van der Waals surface area contributed by atoms with E-state index in [0.29, 0.717) is 36.8 Å². The first-order valence-electron chi connectivity index (χ1n) is 8.21. The third kappa shape index (κ3) is 3.13. The van der Waals surface area contributed by atoms with Gasteiger partial charge in [0.15, 0.2) is 0 Å². The van der Waals surface area contributed by atoms with Gasteiger partial charge in [0, 0.05) is 0 Å². The van der Waals surface area contributed by atoms with Gasteiger partial charge in [-0.1, -0.05) is 6.58 Å². The third-order valence-electron chi connectivity index (χ3n) is 4.90. The van der Waals surface area contributed by atoms with Crippen LogP contribution in [0.4, 0.5) is 8.78 Å². The van der Waals surface area contributed by atoms with Gasteiger partial charge < -0.3 is 0 Å². The molecule has 1 amide bonds. The second kappa shape index (κ2) is 6.71. The van der Waals surface area contributed by atoms with E-state index in [0.717, 1.165) is 35.6 Å². The average molecular weight is 367 g/mol. The van der Waals surface area contributed by atoms with E-state index >= 15 is 0 Å². The predicted octanol–water partition coefficient (Wildman–Crippen LogP) is 2.79. The van der Waals surface area contributed by atoms with Crippen LogP contribution in [0.25, 0.3) is 0 Å². The first kappa shape index (κ1) is 17.8. The van der Waals surface area contributed by atoms with Crippen LogP contribution in [0.3, 0.4) is 0 Å². The number of amides is 1. The molecular weight excluding hydrogens is 348 g/mol. The number of rotatable bonds is 5. The van der Waals surface area contributed by atoms with E-state index in [9.17, 15) is 22.0 Å². The molecular formula is C18H19F2NO3S. The summed E-state index contributed by atoms with van der Waals surface area (Å²) in [5.74, 6) is -0.901. The Labute approximate surface area is 145 Å². The quantitative estimate of drug-likeness (QED) is 0.814. The standard InChI is InChI=1S/C18H19F2NO3S/c1-2-11(10-19)25(23,24)21-17(22)9-16-12-5-3-7-14(12)18(20)15-8-4-6-13(15)16/h2,10H,1,3-9H2,(H,21,22)/b11-10-. The molecule has 25 heavy (non-hydrogen) atoms. The molecule has 1 N–H and O–H groups in total. The summed E-state index contributed by atoms with van der Waals surface area (Å²) in [6, 6.07) is 0. The van der Waals surface area contributed by atoms with E-state index in [1.165, 1.54) is 0 Å². The molecule has 0 saturated carbocycles. The molecule has 4 nitrogen and oxygen atoms in total. The van der Waals surface area contributed by atoms with E-state index < -0.39 is 20.8 Å². The van der Waals surface area contributed by atoms with Crippen LogP contribution in [0.2, 0.25) is 0 Å². The molecule has 2 aliphatic carbocycles. The Morgan fingerprint density at radius 1 is 1.08 bits per heavy atom. The topological polar surface area (TPSA) is 63.2 Å². The van der Waals surface area contributed by atoms with Crippen LogP contribution in [-0.2, 0) is 46.9 Å². The molecule has 0 fully saturated rings. The molecule has 0 heterocycles. The molecule has 2 aliphatic rings. The van der Waals surface area contributed by atoms with Crippen molar-refractivity contribution in [3.8, 4) is 0 Å². The van der Waals surface area contributed by atoms with Gasteiger partial charge in [0.2, 0.25) is 5.91 Å². The van der Waals surface area contributed by atoms with Crippen molar-refractivity contribution in [1.82, 2.24) is 4.72 Å². The van der Waals surface area contributed by atoms with Gasteiger partial charge in [-0.05, 0) is 72.4 Å². The number of hydrogen-bond acceptors (Lipinski definition) is 3. The van der Waals surface area contributed by atoms with Crippen molar-refractivity contribution >= 4 is 15.9 Å². The fraction of sp³-hybridized carbons (Fsp3) is 0.389. The summed E-state index contributed by atoms with van der Waals surface area (Å²) in [6.45, 7) is 3.21. The number of benzene rings is 1. The second-order valence-corrected chi connectivity index (χ2v) is 8.02. The van der Waals surface area contributed by atoms with Crippen LogP contribution in [0.1, 0.15) is 40.7 Å². The highest BCUT2D eigenvalue weighted by molar-refractivity contribution is 7.94. The molecule has 3 rings (SSSR count). The highest BCUT2D eigenvalue weighted by Gasteiger charge is 2.30. The third-order valence-corrected chi connectivity index (χ3v) is 6.27. The summed E-state index contributed by atoms with van der Waals surface area (Å²) in [4.78, 5) is 11.6. The molecule has 0 aliphatic heterocycles. The van der Waals surface area contributed by atoms with E-state index in [2.05, 4.69) is 6.58 Å².